The van der Waals surface area contributed by atoms with E-state index in [4.69, 9.17) is 15.0 Å². The van der Waals surface area contributed by atoms with Crippen LogP contribution in [0.25, 0.3) is 0 Å². The van der Waals surface area contributed by atoms with Crippen molar-refractivity contribution in [3.05, 3.63) is 0 Å². The number of nitrogens with two attached hydrogens (primary N) is 1. The van der Waals surface area contributed by atoms with Gasteiger partial charge in [0.15, 0.2) is 0 Å². The zero-order valence-electron chi connectivity index (χ0n) is 7.63. The van der Waals surface area contributed by atoms with Crippen molar-refractivity contribution in [3.8, 4) is 0 Å². The number of hydrogen-bond donors (Lipinski definition) is 3. The number of hydrogen-bond acceptors (Lipinski definition) is 3. The SMILES string of the molecule is Cl.[2H]C([2H])([2H])NCC(N)C(=O)O. The number of rotatable bonds is 3. The monoisotopic (exact) mass is 157 g/mol. The summed E-state index contributed by atoms with van der Waals surface area (Å²) in [4.78, 5) is 10.1. The molecule has 0 fully saturated rings. The van der Waals surface area contributed by atoms with Crippen molar-refractivity contribution >= 4 is 18.4 Å². The number of aliphatic carboxylic acids is 1. The van der Waals surface area contributed by atoms with Gasteiger partial charge in [0.2, 0.25) is 0 Å². The molecule has 0 saturated carbocycles. The Morgan fingerprint density at radius 3 is 3.00 bits per heavy atom. The molecule has 0 saturated heterocycles. The van der Waals surface area contributed by atoms with Crippen molar-refractivity contribution in [2.75, 3.05) is 13.5 Å². The first-order chi connectivity index (χ1) is 4.83. The first-order valence-electron chi connectivity index (χ1n) is 3.56. The Bertz CT molecular complexity index is 152. The summed E-state index contributed by atoms with van der Waals surface area (Å²) in [6.07, 6.45) is 0. The van der Waals surface area contributed by atoms with Gasteiger partial charge in [-0.05, 0) is 6.98 Å². The highest BCUT2D eigenvalue weighted by molar-refractivity contribution is 5.85. The highest BCUT2D eigenvalue weighted by atomic mass is 35.5. The van der Waals surface area contributed by atoms with Gasteiger partial charge < -0.3 is 16.2 Å². The van der Waals surface area contributed by atoms with E-state index in [9.17, 15) is 4.79 Å². The van der Waals surface area contributed by atoms with E-state index in [0.717, 1.165) is 0 Å². The number of nitrogens with one attached hydrogen (secondary N) is 1. The summed E-state index contributed by atoms with van der Waals surface area (Å²) in [5.41, 5.74) is 5.01. The number of carboxylic acids is 1. The average Bonchev–Trinajstić information content (AvgIpc) is 1.80. The molecule has 1 unspecified atom stereocenters. The largest absolute Gasteiger partial charge is 0.480 e. The third-order valence-corrected chi connectivity index (χ3v) is 0.639. The van der Waals surface area contributed by atoms with E-state index >= 15 is 0 Å². The van der Waals surface area contributed by atoms with Crippen LogP contribution in [0.2, 0.25) is 0 Å². The van der Waals surface area contributed by atoms with E-state index < -0.39 is 19.0 Å². The predicted octanol–water partition coefficient (Wildman–Crippen LogP) is -0.961. The Balaban J connectivity index is 0. The highest BCUT2D eigenvalue weighted by Gasteiger charge is 2.07. The average molecular weight is 158 g/mol. The third kappa shape index (κ3) is 5.55. The lowest BCUT2D eigenvalue weighted by Gasteiger charge is -2.02. The van der Waals surface area contributed by atoms with E-state index in [1.54, 1.807) is 0 Å². The lowest BCUT2D eigenvalue weighted by Crippen LogP contribution is -2.38. The second kappa shape index (κ2) is 5.81. The van der Waals surface area contributed by atoms with Crippen LogP contribution in [-0.2, 0) is 4.79 Å². The number of likely N-dealkylation sites (N-methyl/N-ethyl adjacent to an activating group) is 1. The second-order valence-corrected chi connectivity index (χ2v) is 1.33. The van der Waals surface area contributed by atoms with E-state index in [0.29, 0.717) is 0 Å². The summed E-state index contributed by atoms with van der Waals surface area (Å²) in [6.45, 7) is -2.58. The number of halogens is 1. The van der Waals surface area contributed by atoms with Crippen LogP contribution >= 0.6 is 12.4 Å². The minimum atomic E-state index is -2.33. The van der Waals surface area contributed by atoms with Crippen LogP contribution in [0, 0.1) is 0 Å². The maximum absolute atomic E-state index is 10.1. The minimum Gasteiger partial charge on any atom is -0.480 e. The number of carboxylic acid groups (broad SMARTS) is 1. The second-order valence-electron chi connectivity index (χ2n) is 1.33. The molecular weight excluding hydrogens is 144 g/mol. The van der Waals surface area contributed by atoms with Crippen molar-refractivity contribution in [1.82, 2.24) is 5.32 Å². The lowest BCUT2D eigenvalue weighted by molar-refractivity contribution is -0.138. The fraction of sp³-hybridized carbons (Fsp3) is 0.750. The minimum absolute atomic E-state index is 0. The molecule has 0 aromatic carbocycles. The van der Waals surface area contributed by atoms with E-state index in [1.807, 2.05) is 5.32 Å². The van der Waals surface area contributed by atoms with Gasteiger partial charge in [0.25, 0.3) is 0 Å². The van der Waals surface area contributed by atoms with Gasteiger partial charge in [-0.15, -0.1) is 12.4 Å². The van der Waals surface area contributed by atoms with Gasteiger partial charge in [-0.2, -0.15) is 0 Å². The molecule has 56 valence electrons. The van der Waals surface area contributed by atoms with Crippen molar-refractivity contribution < 1.29 is 14.0 Å². The van der Waals surface area contributed by atoms with Crippen LogP contribution in [0.3, 0.4) is 0 Å². The lowest BCUT2D eigenvalue weighted by atomic mass is 10.3. The van der Waals surface area contributed by atoms with Crippen molar-refractivity contribution in [2.24, 2.45) is 5.73 Å². The van der Waals surface area contributed by atoms with Crippen LogP contribution in [-0.4, -0.2) is 30.6 Å². The van der Waals surface area contributed by atoms with Crippen LogP contribution in [0.15, 0.2) is 0 Å². The molecule has 0 aromatic rings. The van der Waals surface area contributed by atoms with Crippen LogP contribution in [0.1, 0.15) is 4.11 Å². The zero-order valence-corrected chi connectivity index (χ0v) is 5.44. The smallest absolute Gasteiger partial charge is 0.321 e. The van der Waals surface area contributed by atoms with E-state index in [2.05, 4.69) is 0 Å². The van der Waals surface area contributed by atoms with Gasteiger partial charge in [0.05, 0.1) is 0 Å². The number of carbonyl (C=O) groups is 1. The zero-order chi connectivity index (χ0) is 9.07. The highest BCUT2D eigenvalue weighted by Crippen LogP contribution is 1.71. The van der Waals surface area contributed by atoms with Gasteiger partial charge in [-0.25, -0.2) is 0 Å². The van der Waals surface area contributed by atoms with Crippen molar-refractivity contribution in [2.45, 2.75) is 6.04 Å². The van der Waals surface area contributed by atoms with Crippen LogP contribution in [0.5, 0.6) is 0 Å². The topological polar surface area (TPSA) is 75.3 Å². The first kappa shape index (κ1) is 5.46. The molecule has 0 bridgehead atoms. The Kier molecular flexibility index (Phi) is 3.53. The summed E-state index contributed by atoms with van der Waals surface area (Å²) in [5.74, 6) is -1.22. The van der Waals surface area contributed by atoms with Crippen LogP contribution in [0.4, 0.5) is 0 Å². The normalized spacial score (nSPS) is 18.1. The summed E-state index contributed by atoms with van der Waals surface area (Å²) < 4.78 is 19.9. The Morgan fingerprint density at radius 2 is 2.67 bits per heavy atom. The molecule has 4 nitrogen and oxygen atoms in total. The maximum atomic E-state index is 10.1. The molecule has 0 heterocycles. The quantitative estimate of drug-likeness (QED) is 0.493. The molecule has 0 spiro atoms. The molecule has 0 aliphatic rings. The molecule has 0 aliphatic heterocycles. The Hall–Kier alpha value is -0.320. The molecular formula is C4H11ClN2O2. The molecule has 0 rings (SSSR count). The Labute approximate surface area is 64.0 Å². The van der Waals surface area contributed by atoms with Crippen molar-refractivity contribution in [1.29, 1.82) is 0 Å². The van der Waals surface area contributed by atoms with Gasteiger partial charge in [-0.1, -0.05) is 0 Å². The first-order valence-corrected chi connectivity index (χ1v) is 2.06. The molecule has 0 radical (unpaired) electrons. The van der Waals surface area contributed by atoms with Gasteiger partial charge in [-0.3, -0.25) is 4.79 Å². The summed E-state index contributed by atoms with van der Waals surface area (Å²) in [7, 11) is 0. The molecule has 4 N–H and O–H groups in total. The van der Waals surface area contributed by atoms with Gasteiger partial charge in [0, 0.05) is 10.7 Å². The fourth-order valence-electron chi connectivity index (χ4n) is 0.197. The summed E-state index contributed by atoms with van der Waals surface area (Å²) in [6, 6.07) is -1.17. The van der Waals surface area contributed by atoms with E-state index in [1.165, 1.54) is 0 Å². The van der Waals surface area contributed by atoms with Gasteiger partial charge in [0.1, 0.15) is 6.04 Å². The molecule has 1 atom stereocenters. The molecule has 0 aliphatic carbocycles. The molecule has 5 heteroatoms. The molecule has 9 heavy (non-hydrogen) atoms. The van der Waals surface area contributed by atoms with Crippen LogP contribution < -0.4 is 11.1 Å². The molecule has 0 amide bonds. The summed E-state index contributed by atoms with van der Waals surface area (Å²) >= 11 is 0. The summed E-state index contributed by atoms with van der Waals surface area (Å²) in [5, 5.41) is 10.2. The molecule has 0 aromatic heterocycles. The van der Waals surface area contributed by atoms with Gasteiger partial charge >= 0.3 is 5.97 Å². The predicted molar refractivity (Wildman–Crippen MR) is 36.8 cm³/mol. The fourth-order valence-corrected chi connectivity index (χ4v) is 0.197. The maximum Gasteiger partial charge on any atom is 0.321 e. The van der Waals surface area contributed by atoms with E-state index in [-0.39, 0.29) is 19.0 Å². The third-order valence-electron chi connectivity index (χ3n) is 0.639. The standard InChI is InChI=1S/C4H10N2O2.ClH/c1-6-2-3(5)4(7)8;/h3,6H,2,5H2,1H3,(H,7,8);1H/i1D3;. The van der Waals surface area contributed by atoms with Crippen molar-refractivity contribution in [3.63, 3.8) is 0 Å². The Morgan fingerprint density at radius 1 is 2.11 bits per heavy atom.